The lowest BCUT2D eigenvalue weighted by molar-refractivity contribution is 0.849. The molecule has 42 valence electrons. The predicted molar refractivity (Wildman–Crippen MR) is 33.4 cm³/mol. The molecule has 0 rings (SSSR count). The summed E-state index contributed by atoms with van der Waals surface area (Å²) in [6.07, 6.45) is 1.08. The molecule has 0 bridgehead atoms. The topological polar surface area (TPSA) is 12.0 Å². The van der Waals surface area contributed by atoms with Crippen molar-refractivity contribution >= 4 is 0 Å². The fraction of sp³-hybridized carbons (Fsp3) is 0.667. The van der Waals surface area contributed by atoms with Crippen molar-refractivity contribution in [2.24, 2.45) is 0 Å². The molecule has 0 aromatic heterocycles. The first kappa shape index (κ1) is 6.70. The fourth-order valence-corrected chi connectivity index (χ4v) is 0.375. The van der Waals surface area contributed by atoms with Crippen molar-refractivity contribution in [2.75, 3.05) is 13.6 Å². The van der Waals surface area contributed by atoms with Gasteiger partial charge < -0.3 is 5.32 Å². The monoisotopic (exact) mass is 99.1 g/mol. The maximum atomic E-state index is 3.80. The molecule has 7 heavy (non-hydrogen) atoms. The molecule has 0 spiro atoms. The van der Waals surface area contributed by atoms with Crippen molar-refractivity contribution in [2.45, 2.75) is 13.3 Å². The van der Waals surface area contributed by atoms with E-state index in [-0.39, 0.29) is 0 Å². The van der Waals surface area contributed by atoms with Crippen LogP contribution in [0.5, 0.6) is 0 Å². The molecule has 1 nitrogen and oxygen atoms in total. The van der Waals surface area contributed by atoms with Gasteiger partial charge in [0, 0.05) is 6.54 Å². The summed E-state index contributed by atoms with van der Waals surface area (Å²) in [5.41, 5.74) is 1.27. The lowest BCUT2D eigenvalue weighted by Gasteiger charge is -1.96. The van der Waals surface area contributed by atoms with Crippen LogP contribution in [0.2, 0.25) is 0 Å². The van der Waals surface area contributed by atoms with Crippen LogP contribution in [0.3, 0.4) is 0 Å². The standard InChI is InChI=1S/C6H13N/c1-4-6(2)5-7-3/h7H,2,4-5H2,1,3H3. The van der Waals surface area contributed by atoms with Crippen molar-refractivity contribution in [3.63, 3.8) is 0 Å². The van der Waals surface area contributed by atoms with Crippen molar-refractivity contribution < 1.29 is 0 Å². The van der Waals surface area contributed by atoms with Gasteiger partial charge in [-0.05, 0) is 13.5 Å². The third-order valence-electron chi connectivity index (χ3n) is 0.927. The third kappa shape index (κ3) is 3.53. The molecule has 0 aliphatic rings. The van der Waals surface area contributed by atoms with Gasteiger partial charge in [-0.3, -0.25) is 0 Å². The van der Waals surface area contributed by atoms with Gasteiger partial charge in [-0.25, -0.2) is 0 Å². The quantitative estimate of drug-likeness (QED) is 0.524. The third-order valence-corrected chi connectivity index (χ3v) is 0.927. The molecule has 0 saturated heterocycles. The molecular weight excluding hydrogens is 86.1 g/mol. The van der Waals surface area contributed by atoms with Crippen molar-refractivity contribution in [1.29, 1.82) is 0 Å². The van der Waals surface area contributed by atoms with E-state index in [1.807, 2.05) is 7.05 Å². The number of hydrogen-bond donors (Lipinski definition) is 1. The SMILES string of the molecule is C=C(CC)CNC. The van der Waals surface area contributed by atoms with Crippen LogP contribution in [-0.2, 0) is 0 Å². The Kier molecular flexibility index (Phi) is 3.71. The van der Waals surface area contributed by atoms with E-state index in [0.717, 1.165) is 13.0 Å². The first-order valence-corrected chi connectivity index (χ1v) is 2.62. The fourth-order valence-electron chi connectivity index (χ4n) is 0.375. The van der Waals surface area contributed by atoms with Gasteiger partial charge in [-0.1, -0.05) is 19.1 Å². The van der Waals surface area contributed by atoms with Crippen LogP contribution < -0.4 is 5.32 Å². The zero-order chi connectivity index (χ0) is 5.70. The predicted octanol–water partition coefficient (Wildman–Crippen LogP) is 1.17. The van der Waals surface area contributed by atoms with Crippen molar-refractivity contribution in [3.05, 3.63) is 12.2 Å². The average Bonchev–Trinajstić information content (AvgIpc) is 1.68. The number of rotatable bonds is 3. The first-order chi connectivity index (χ1) is 3.31. The van der Waals surface area contributed by atoms with Crippen LogP contribution in [0.1, 0.15) is 13.3 Å². The second-order valence-corrected chi connectivity index (χ2v) is 1.63. The average molecular weight is 99.2 g/mol. The van der Waals surface area contributed by atoms with Crippen LogP contribution >= 0.6 is 0 Å². The molecule has 0 saturated carbocycles. The Hall–Kier alpha value is -0.300. The normalized spacial score (nSPS) is 8.86. The van der Waals surface area contributed by atoms with Gasteiger partial charge in [0.1, 0.15) is 0 Å². The summed E-state index contributed by atoms with van der Waals surface area (Å²) >= 11 is 0. The molecule has 0 aliphatic heterocycles. The Bertz CT molecular complexity index is 57.2. The smallest absolute Gasteiger partial charge is 0.0158 e. The summed E-state index contributed by atoms with van der Waals surface area (Å²) in [6, 6.07) is 0. The maximum absolute atomic E-state index is 3.80. The minimum Gasteiger partial charge on any atom is -0.316 e. The summed E-state index contributed by atoms with van der Waals surface area (Å²) in [7, 11) is 1.93. The zero-order valence-corrected chi connectivity index (χ0v) is 5.12. The highest BCUT2D eigenvalue weighted by Crippen LogP contribution is 1.90. The summed E-state index contributed by atoms with van der Waals surface area (Å²) in [4.78, 5) is 0. The van der Waals surface area contributed by atoms with Gasteiger partial charge >= 0.3 is 0 Å². The van der Waals surface area contributed by atoms with Gasteiger partial charge in [-0.2, -0.15) is 0 Å². The van der Waals surface area contributed by atoms with Crippen molar-refractivity contribution in [3.8, 4) is 0 Å². The van der Waals surface area contributed by atoms with E-state index in [1.165, 1.54) is 5.57 Å². The first-order valence-electron chi connectivity index (χ1n) is 2.62. The van der Waals surface area contributed by atoms with Gasteiger partial charge in [0.2, 0.25) is 0 Å². The Labute approximate surface area is 45.4 Å². The number of likely N-dealkylation sites (N-methyl/N-ethyl adjacent to an activating group) is 1. The summed E-state index contributed by atoms with van der Waals surface area (Å²) < 4.78 is 0. The Morgan fingerprint density at radius 1 is 1.71 bits per heavy atom. The van der Waals surface area contributed by atoms with Gasteiger partial charge in [0.25, 0.3) is 0 Å². The van der Waals surface area contributed by atoms with E-state index < -0.39 is 0 Å². The molecule has 0 aromatic carbocycles. The van der Waals surface area contributed by atoms with E-state index in [1.54, 1.807) is 0 Å². The van der Waals surface area contributed by atoms with E-state index in [4.69, 9.17) is 0 Å². The highest BCUT2D eigenvalue weighted by Gasteiger charge is 1.82. The summed E-state index contributed by atoms with van der Waals surface area (Å²) in [5.74, 6) is 0. The minimum absolute atomic E-state index is 0.955. The molecule has 0 amide bonds. The molecule has 0 aliphatic carbocycles. The number of hydrogen-bond acceptors (Lipinski definition) is 1. The van der Waals surface area contributed by atoms with Gasteiger partial charge in [-0.15, -0.1) is 0 Å². The summed E-state index contributed by atoms with van der Waals surface area (Å²) in [6.45, 7) is 6.87. The van der Waals surface area contributed by atoms with Crippen LogP contribution in [0.4, 0.5) is 0 Å². The zero-order valence-electron chi connectivity index (χ0n) is 5.12. The molecular formula is C6H13N. The van der Waals surface area contributed by atoms with Gasteiger partial charge in [0.15, 0.2) is 0 Å². The lowest BCUT2D eigenvalue weighted by Crippen LogP contribution is -2.08. The molecule has 1 heteroatoms. The lowest BCUT2D eigenvalue weighted by atomic mass is 10.2. The van der Waals surface area contributed by atoms with E-state index >= 15 is 0 Å². The van der Waals surface area contributed by atoms with Crippen molar-refractivity contribution in [1.82, 2.24) is 5.32 Å². The van der Waals surface area contributed by atoms with E-state index in [2.05, 4.69) is 18.8 Å². The van der Waals surface area contributed by atoms with Crippen LogP contribution in [-0.4, -0.2) is 13.6 Å². The van der Waals surface area contributed by atoms with Crippen LogP contribution in [0, 0.1) is 0 Å². The molecule has 1 N–H and O–H groups in total. The Balaban J connectivity index is 3.00. The maximum Gasteiger partial charge on any atom is 0.0158 e. The van der Waals surface area contributed by atoms with Crippen LogP contribution in [0.15, 0.2) is 12.2 Å². The molecule has 0 unspecified atom stereocenters. The second kappa shape index (κ2) is 3.88. The van der Waals surface area contributed by atoms with Gasteiger partial charge in [0.05, 0.1) is 0 Å². The molecule has 0 atom stereocenters. The molecule has 0 fully saturated rings. The minimum atomic E-state index is 0.955. The Morgan fingerprint density at radius 3 is 2.43 bits per heavy atom. The van der Waals surface area contributed by atoms with E-state index in [0.29, 0.717) is 0 Å². The largest absolute Gasteiger partial charge is 0.316 e. The molecule has 0 heterocycles. The van der Waals surface area contributed by atoms with Crippen LogP contribution in [0.25, 0.3) is 0 Å². The summed E-state index contributed by atoms with van der Waals surface area (Å²) in [5, 5.41) is 3.02. The molecule has 0 radical (unpaired) electrons. The number of nitrogens with one attached hydrogen (secondary N) is 1. The highest BCUT2D eigenvalue weighted by molar-refractivity contribution is 4.94. The highest BCUT2D eigenvalue weighted by atomic mass is 14.8. The second-order valence-electron chi connectivity index (χ2n) is 1.63. The van der Waals surface area contributed by atoms with E-state index in [9.17, 15) is 0 Å². The Morgan fingerprint density at radius 2 is 2.29 bits per heavy atom. The molecule has 0 aromatic rings.